The van der Waals surface area contributed by atoms with E-state index in [0.717, 1.165) is 19.4 Å². The van der Waals surface area contributed by atoms with Crippen LogP contribution in [0.15, 0.2) is 24.3 Å². The van der Waals surface area contributed by atoms with Gasteiger partial charge in [-0.05, 0) is 24.0 Å². The molecule has 1 heterocycles. The van der Waals surface area contributed by atoms with E-state index in [9.17, 15) is 0 Å². The standard InChI is InChI=1S/C11H12N2/c12-7-11-6-5-9-3-1-2-4-10(9)8-13-11/h1-4,11,13H,5-6,8H2. The van der Waals surface area contributed by atoms with E-state index >= 15 is 0 Å². The highest BCUT2D eigenvalue weighted by molar-refractivity contribution is 5.28. The van der Waals surface area contributed by atoms with Gasteiger partial charge in [0.2, 0.25) is 0 Å². The lowest BCUT2D eigenvalue weighted by molar-refractivity contribution is 0.588. The van der Waals surface area contributed by atoms with Gasteiger partial charge < -0.3 is 0 Å². The Kier molecular flexibility index (Phi) is 2.29. The first-order valence-electron chi connectivity index (χ1n) is 4.60. The molecule has 0 radical (unpaired) electrons. The van der Waals surface area contributed by atoms with E-state index in [1.807, 2.05) is 6.07 Å². The molecule has 13 heavy (non-hydrogen) atoms. The minimum atomic E-state index is 0.0207. The molecule has 1 N–H and O–H groups in total. The summed E-state index contributed by atoms with van der Waals surface area (Å²) < 4.78 is 0. The van der Waals surface area contributed by atoms with Crippen LogP contribution in [0.1, 0.15) is 17.5 Å². The fourth-order valence-electron chi connectivity index (χ4n) is 1.72. The largest absolute Gasteiger partial charge is 0.298 e. The Bertz CT molecular complexity index is 311. The first kappa shape index (κ1) is 8.28. The summed E-state index contributed by atoms with van der Waals surface area (Å²) in [4.78, 5) is 0. The third kappa shape index (κ3) is 1.71. The highest BCUT2D eigenvalue weighted by Crippen LogP contribution is 2.15. The maximum absolute atomic E-state index is 8.78. The summed E-state index contributed by atoms with van der Waals surface area (Å²) in [6.07, 6.45) is 1.94. The van der Waals surface area contributed by atoms with Crippen molar-refractivity contribution in [3.05, 3.63) is 35.4 Å². The second-order valence-electron chi connectivity index (χ2n) is 3.37. The quantitative estimate of drug-likeness (QED) is 0.645. The first-order valence-corrected chi connectivity index (χ1v) is 4.60. The number of nitrogens with one attached hydrogen (secondary N) is 1. The number of fused-ring (bicyclic) bond motifs is 1. The SMILES string of the molecule is N#CC1CCc2ccccc2CN1. The van der Waals surface area contributed by atoms with E-state index in [1.165, 1.54) is 11.1 Å². The zero-order valence-electron chi connectivity index (χ0n) is 7.46. The molecule has 0 bridgehead atoms. The lowest BCUT2D eigenvalue weighted by Crippen LogP contribution is -2.25. The average Bonchev–Trinajstić information content (AvgIpc) is 2.39. The Hall–Kier alpha value is -1.33. The van der Waals surface area contributed by atoms with Crippen LogP contribution in [0.5, 0.6) is 0 Å². The van der Waals surface area contributed by atoms with Gasteiger partial charge in [0.05, 0.1) is 12.1 Å². The van der Waals surface area contributed by atoms with E-state index in [1.54, 1.807) is 0 Å². The van der Waals surface area contributed by atoms with Crippen molar-refractivity contribution < 1.29 is 0 Å². The van der Waals surface area contributed by atoms with Crippen molar-refractivity contribution in [2.75, 3.05) is 0 Å². The fraction of sp³-hybridized carbons (Fsp3) is 0.364. The zero-order valence-corrected chi connectivity index (χ0v) is 7.46. The van der Waals surface area contributed by atoms with Crippen molar-refractivity contribution in [3.63, 3.8) is 0 Å². The number of nitriles is 1. The van der Waals surface area contributed by atoms with Crippen molar-refractivity contribution in [2.45, 2.75) is 25.4 Å². The molecule has 0 saturated heterocycles. The van der Waals surface area contributed by atoms with Crippen molar-refractivity contribution in [1.82, 2.24) is 5.32 Å². The summed E-state index contributed by atoms with van der Waals surface area (Å²) in [5.41, 5.74) is 2.72. The second kappa shape index (κ2) is 3.59. The van der Waals surface area contributed by atoms with E-state index < -0.39 is 0 Å². The highest BCUT2D eigenvalue weighted by Gasteiger charge is 2.13. The molecule has 1 unspecified atom stereocenters. The van der Waals surface area contributed by atoms with E-state index in [0.29, 0.717) is 0 Å². The Balaban J connectivity index is 2.22. The summed E-state index contributed by atoms with van der Waals surface area (Å²) in [5, 5.41) is 12.0. The molecule has 0 amide bonds. The van der Waals surface area contributed by atoms with Crippen LogP contribution in [0.2, 0.25) is 0 Å². The highest BCUT2D eigenvalue weighted by atomic mass is 14.9. The van der Waals surface area contributed by atoms with E-state index in [4.69, 9.17) is 5.26 Å². The predicted molar refractivity (Wildman–Crippen MR) is 51.0 cm³/mol. The lowest BCUT2D eigenvalue weighted by atomic mass is 10.0. The number of hydrogen-bond acceptors (Lipinski definition) is 2. The van der Waals surface area contributed by atoms with Gasteiger partial charge in [-0.3, -0.25) is 5.32 Å². The lowest BCUT2D eigenvalue weighted by Gasteiger charge is -2.04. The van der Waals surface area contributed by atoms with Crippen LogP contribution in [0, 0.1) is 11.3 Å². The Morgan fingerprint density at radius 3 is 2.85 bits per heavy atom. The normalized spacial score (nSPS) is 21.3. The van der Waals surface area contributed by atoms with Crippen LogP contribution in [0.3, 0.4) is 0 Å². The molecule has 1 aliphatic rings. The summed E-state index contributed by atoms with van der Waals surface area (Å²) >= 11 is 0. The predicted octanol–water partition coefficient (Wildman–Crippen LogP) is 1.61. The van der Waals surface area contributed by atoms with Crippen LogP contribution in [0.25, 0.3) is 0 Å². The van der Waals surface area contributed by atoms with E-state index in [-0.39, 0.29) is 6.04 Å². The summed E-state index contributed by atoms with van der Waals surface area (Å²) in [6.45, 7) is 0.828. The van der Waals surface area contributed by atoms with E-state index in [2.05, 4.69) is 29.6 Å². The summed E-state index contributed by atoms with van der Waals surface area (Å²) in [7, 11) is 0. The zero-order chi connectivity index (χ0) is 9.10. The smallest absolute Gasteiger partial charge is 0.0958 e. The molecule has 0 saturated carbocycles. The Morgan fingerprint density at radius 2 is 2.08 bits per heavy atom. The molecule has 0 aliphatic carbocycles. The summed E-state index contributed by atoms with van der Waals surface area (Å²) in [5.74, 6) is 0. The van der Waals surface area contributed by atoms with Gasteiger partial charge in [0.15, 0.2) is 0 Å². The fourth-order valence-corrected chi connectivity index (χ4v) is 1.72. The summed E-state index contributed by atoms with van der Waals surface area (Å²) in [6, 6.07) is 10.7. The van der Waals surface area contributed by atoms with Gasteiger partial charge in [0.25, 0.3) is 0 Å². The topological polar surface area (TPSA) is 35.8 Å². The maximum atomic E-state index is 8.78. The van der Waals surface area contributed by atoms with Gasteiger partial charge in [-0.15, -0.1) is 0 Å². The number of hydrogen-bond donors (Lipinski definition) is 1. The third-order valence-corrected chi connectivity index (χ3v) is 2.52. The molecule has 1 aromatic rings. The molecule has 0 fully saturated rings. The van der Waals surface area contributed by atoms with Gasteiger partial charge in [0, 0.05) is 6.54 Å². The molecule has 0 aromatic heterocycles. The number of nitrogens with zero attached hydrogens (tertiary/aromatic N) is 1. The maximum Gasteiger partial charge on any atom is 0.0958 e. The molecule has 2 nitrogen and oxygen atoms in total. The minimum Gasteiger partial charge on any atom is -0.298 e. The number of benzene rings is 1. The first-order chi connectivity index (χ1) is 6.40. The molecular weight excluding hydrogens is 160 g/mol. The average molecular weight is 172 g/mol. The molecule has 1 atom stereocenters. The van der Waals surface area contributed by atoms with Crippen LogP contribution in [0.4, 0.5) is 0 Å². The Morgan fingerprint density at radius 1 is 1.31 bits per heavy atom. The minimum absolute atomic E-state index is 0.0207. The Labute approximate surface area is 78.2 Å². The van der Waals surface area contributed by atoms with Gasteiger partial charge in [-0.2, -0.15) is 5.26 Å². The number of aryl methyl sites for hydroxylation is 1. The van der Waals surface area contributed by atoms with Crippen LogP contribution < -0.4 is 5.32 Å². The second-order valence-corrected chi connectivity index (χ2v) is 3.37. The van der Waals surface area contributed by atoms with Gasteiger partial charge in [-0.25, -0.2) is 0 Å². The van der Waals surface area contributed by atoms with Crippen molar-refractivity contribution in [2.24, 2.45) is 0 Å². The number of rotatable bonds is 0. The molecule has 2 heteroatoms. The molecule has 1 aliphatic heterocycles. The van der Waals surface area contributed by atoms with Gasteiger partial charge in [0.1, 0.15) is 0 Å². The van der Waals surface area contributed by atoms with Crippen LogP contribution >= 0.6 is 0 Å². The molecule has 0 spiro atoms. The molecular formula is C11H12N2. The molecule has 1 aromatic carbocycles. The monoisotopic (exact) mass is 172 g/mol. The van der Waals surface area contributed by atoms with Crippen LogP contribution in [-0.4, -0.2) is 6.04 Å². The van der Waals surface area contributed by atoms with Crippen LogP contribution in [-0.2, 0) is 13.0 Å². The van der Waals surface area contributed by atoms with Gasteiger partial charge in [-0.1, -0.05) is 24.3 Å². The molecule has 66 valence electrons. The van der Waals surface area contributed by atoms with Crippen molar-refractivity contribution >= 4 is 0 Å². The van der Waals surface area contributed by atoms with Gasteiger partial charge >= 0.3 is 0 Å². The van der Waals surface area contributed by atoms with Crippen molar-refractivity contribution in [3.8, 4) is 6.07 Å². The third-order valence-electron chi connectivity index (χ3n) is 2.52. The van der Waals surface area contributed by atoms with Crippen molar-refractivity contribution in [1.29, 1.82) is 5.26 Å². The molecule has 2 rings (SSSR count).